The van der Waals surface area contributed by atoms with E-state index in [1.807, 2.05) is 44.2 Å². The third-order valence-electron chi connectivity index (χ3n) is 2.87. The quantitative estimate of drug-likeness (QED) is 0.748. The van der Waals surface area contributed by atoms with E-state index in [-0.39, 0.29) is 5.97 Å². The lowest BCUT2D eigenvalue weighted by Gasteiger charge is -2.24. The topological polar surface area (TPSA) is 47.9 Å². The van der Waals surface area contributed by atoms with Crippen LogP contribution in [-0.4, -0.2) is 30.6 Å². The number of nitrogens with zero attached hydrogens (tertiary/aromatic N) is 1. The van der Waals surface area contributed by atoms with Crippen molar-refractivity contribution in [3.63, 3.8) is 0 Å². The number of ether oxygens (including phenoxy) is 2. The zero-order valence-electron chi connectivity index (χ0n) is 10.1. The molecule has 0 spiro atoms. The number of hydrogen-bond acceptors (Lipinski definition) is 4. The van der Waals surface area contributed by atoms with Crippen LogP contribution in [0.15, 0.2) is 35.3 Å². The number of aliphatic imine (C=N–C) groups is 1. The SMILES string of the molecule is COC(C)(C)[C@@H]1N=C(c2ccccc2)OC1=O. The van der Waals surface area contributed by atoms with E-state index >= 15 is 0 Å². The van der Waals surface area contributed by atoms with Gasteiger partial charge in [0.2, 0.25) is 5.90 Å². The van der Waals surface area contributed by atoms with Crippen LogP contribution < -0.4 is 0 Å². The Morgan fingerprint density at radius 1 is 1.29 bits per heavy atom. The Labute approximate surface area is 100 Å². The summed E-state index contributed by atoms with van der Waals surface area (Å²) in [5.74, 6) is 0.00132. The van der Waals surface area contributed by atoms with Crippen molar-refractivity contribution in [1.29, 1.82) is 0 Å². The number of carbonyl (C=O) groups is 1. The van der Waals surface area contributed by atoms with Crippen molar-refractivity contribution in [2.45, 2.75) is 25.5 Å². The van der Waals surface area contributed by atoms with Crippen molar-refractivity contribution < 1.29 is 14.3 Å². The van der Waals surface area contributed by atoms with Gasteiger partial charge in [-0.15, -0.1) is 0 Å². The summed E-state index contributed by atoms with van der Waals surface area (Å²) in [6.07, 6.45) is 0. The first-order chi connectivity index (χ1) is 8.04. The number of hydrogen-bond donors (Lipinski definition) is 0. The van der Waals surface area contributed by atoms with Gasteiger partial charge in [-0.3, -0.25) is 0 Å². The minimum atomic E-state index is -0.659. The van der Waals surface area contributed by atoms with Crippen LogP contribution in [0.25, 0.3) is 0 Å². The molecule has 1 atom stereocenters. The summed E-state index contributed by atoms with van der Waals surface area (Å²) in [4.78, 5) is 16.0. The van der Waals surface area contributed by atoms with Gasteiger partial charge in [0.15, 0.2) is 6.04 Å². The molecule has 17 heavy (non-hydrogen) atoms. The average Bonchev–Trinajstić information content (AvgIpc) is 2.73. The number of benzene rings is 1. The highest BCUT2D eigenvalue weighted by atomic mass is 16.6. The molecule has 1 heterocycles. The van der Waals surface area contributed by atoms with Crippen LogP contribution >= 0.6 is 0 Å². The minimum absolute atomic E-state index is 0.365. The maximum Gasteiger partial charge on any atom is 0.340 e. The zero-order chi connectivity index (χ0) is 12.5. The van der Waals surface area contributed by atoms with Crippen molar-refractivity contribution in [1.82, 2.24) is 0 Å². The molecule has 1 aliphatic heterocycles. The van der Waals surface area contributed by atoms with Crippen LogP contribution in [0.4, 0.5) is 0 Å². The molecule has 1 aromatic rings. The van der Waals surface area contributed by atoms with Gasteiger partial charge in [0.1, 0.15) is 0 Å². The predicted octanol–water partition coefficient (Wildman–Crippen LogP) is 1.78. The Balaban J connectivity index is 2.29. The number of carbonyl (C=O) groups excluding carboxylic acids is 1. The fourth-order valence-electron chi connectivity index (χ4n) is 1.61. The van der Waals surface area contributed by atoms with Gasteiger partial charge in [0, 0.05) is 12.7 Å². The van der Waals surface area contributed by atoms with Crippen LogP contribution in [0.1, 0.15) is 19.4 Å². The molecular formula is C13H15NO3. The van der Waals surface area contributed by atoms with Gasteiger partial charge in [-0.1, -0.05) is 18.2 Å². The molecule has 0 unspecified atom stereocenters. The molecule has 0 fully saturated rings. The van der Waals surface area contributed by atoms with Crippen molar-refractivity contribution in [3.8, 4) is 0 Å². The molecule has 0 N–H and O–H groups in total. The van der Waals surface area contributed by atoms with E-state index in [9.17, 15) is 4.79 Å². The Kier molecular flexibility index (Phi) is 2.98. The molecule has 0 bridgehead atoms. The first-order valence-electron chi connectivity index (χ1n) is 5.44. The molecule has 4 nitrogen and oxygen atoms in total. The second-order valence-electron chi connectivity index (χ2n) is 4.43. The lowest BCUT2D eigenvalue weighted by atomic mass is 10.00. The zero-order valence-corrected chi connectivity index (χ0v) is 10.1. The smallest absolute Gasteiger partial charge is 0.340 e. The van der Waals surface area contributed by atoms with Gasteiger partial charge in [-0.25, -0.2) is 9.79 Å². The van der Waals surface area contributed by atoms with Crippen LogP contribution in [0, 0.1) is 0 Å². The van der Waals surface area contributed by atoms with Crippen LogP contribution in [0.3, 0.4) is 0 Å². The number of esters is 1. The number of rotatable bonds is 3. The molecule has 0 aromatic heterocycles. The molecule has 2 rings (SSSR count). The maximum atomic E-state index is 11.7. The summed E-state index contributed by atoms with van der Waals surface area (Å²) in [5.41, 5.74) is 0.142. The van der Waals surface area contributed by atoms with Gasteiger partial charge < -0.3 is 9.47 Å². The summed E-state index contributed by atoms with van der Waals surface area (Å²) in [6, 6.07) is 8.75. The third kappa shape index (κ3) is 2.22. The summed E-state index contributed by atoms with van der Waals surface area (Å²) < 4.78 is 10.4. The Morgan fingerprint density at radius 3 is 2.53 bits per heavy atom. The fraction of sp³-hybridized carbons (Fsp3) is 0.385. The van der Waals surface area contributed by atoms with Crippen molar-refractivity contribution in [2.75, 3.05) is 7.11 Å². The average molecular weight is 233 g/mol. The van der Waals surface area contributed by atoms with E-state index in [0.29, 0.717) is 5.90 Å². The summed E-state index contributed by atoms with van der Waals surface area (Å²) in [6.45, 7) is 3.63. The third-order valence-corrected chi connectivity index (χ3v) is 2.87. The van der Waals surface area contributed by atoms with Gasteiger partial charge >= 0.3 is 5.97 Å². The van der Waals surface area contributed by atoms with E-state index < -0.39 is 11.6 Å². The minimum Gasteiger partial charge on any atom is -0.405 e. The van der Waals surface area contributed by atoms with E-state index in [1.165, 1.54) is 0 Å². The first kappa shape index (κ1) is 11.8. The summed E-state index contributed by atoms with van der Waals surface area (Å²) in [5, 5.41) is 0. The van der Waals surface area contributed by atoms with Gasteiger partial charge in [-0.2, -0.15) is 0 Å². The van der Waals surface area contributed by atoms with E-state index in [4.69, 9.17) is 9.47 Å². The molecule has 4 heteroatoms. The number of cyclic esters (lactones) is 1. The molecule has 0 amide bonds. The Bertz CT molecular complexity index is 451. The van der Waals surface area contributed by atoms with Crippen LogP contribution in [0.5, 0.6) is 0 Å². The normalized spacial score (nSPS) is 20.1. The van der Waals surface area contributed by atoms with E-state index in [2.05, 4.69) is 4.99 Å². The Morgan fingerprint density at radius 2 is 1.94 bits per heavy atom. The lowest BCUT2D eigenvalue weighted by Crippen LogP contribution is -2.40. The highest BCUT2D eigenvalue weighted by Gasteiger charge is 2.41. The van der Waals surface area contributed by atoms with Crippen molar-refractivity contribution in [2.24, 2.45) is 4.99 Å². The Hall–Kier alpha value is -1.68. The molecule has 0 saturated heterocycles. The summed E-state index contributed by atoms with van der Waals surface area (Å²) >= 11 is 0. The lowest BCUT2D eigenvalue weighted by molar-refractivity contribution is -0.140. The van der Waals surface area contributed by atoms with Crippen molar-refractivity contribution in [3.05, 3.63) is 35.9 Å². The van der Waals surface area contributed by atoms with Crippen LogP contribution in [0.2, 0.25) is 0 Å². The number of methoxy groups -OCH3 is 1. The second-order valence-corrected chi connectivity index (χ2v) is 4.43. The molecular weight excluding hydrogens is 218 g/mol. The van der Waals surface area contributed by atoms with Crippen molar-refractivity contribution >= 4 is 11.9 Å². The van der Waals surface area contributed by atoms with Gasteiger partial charge in [0.25, 0.3) is 0 Å². The molecule has 90 valence electrons. The highest BCUT2D eigenvalue weighted by molar-refractivity contribution is 6.06. The fourth-order valence-corrected chi connectivity index (χ4v) is 1.61. The molecule has 0 saturated carbocycles. The molecule has 0 aliphatic carbocycles. The molecule has 1 aliphatic rings. The van der Waals surface area contributed by atoms with Crippen LogP contribution in [-0.2, 0) is 14.3 Å². The monoisotopic (exact) mass is 233 g/mol. The van der Waals surface area contributed by atoms with E-state index in [1.54, 1.807) is 7.11 Å². The van der Waals surface area contributed by atoms with E-state index in [0.717, 1.165) is 5.56 Å². The largest absolute Gasteiger partial charge is 0.405 e. The maximum absolute atomic E-state index is 11.7. The second kappa shape index (κ2) is 4.30. The standard InChI is InChI=1S/C13H15NO3/c1-13(2,16-3)10-12(15)17-11(14-10)9-7-5-4-6-8-9/h4-8,10H,1-3H3/t10-/m1/s1. The predicted molar refractivity (Wildman–Crippen MR) is 63.9 cm³/mol. The van der Waals surface area contributed by atoms with Gasteiger partial charge in [-0.05, 0) is 26.0 Å². The molecule has 1 aromatic carbocycles. The summed E-state index contributed by atoms with van der Waals surface area (Å²) in [7, 11) is 1.56. The van der Waals surface area contributed by atoms with Gasteiger partial charge in [0.05, 0.1) is 5.60 Å². The first-order valence-corrected chi connectivity index (χ1v) is 5.44. The molecule has 0 radical (unpaired) electrons. The highest BCUT2D eigenvalue weighted by Crippen LogP contribution is 2.24.